The quantitative estimate of drug-likeness (QED) is 0.417. The molecule has 2 heterocycles. The van der Waals surface area contributed by atoms with Crippen LogP contribution in [0.25, 0.3) is 16.2 Å². The smallest absolute Gasteiger partial charge is 0.271 e. The third-order valence-electron chi connectivity index (χ3n) is 4.04. The molecule has 134 valence electrons. The van der Waals surface area contributed by atoms with Crippen molar-refractivity contribution >= 4 is 33.6 Å². The predicted molar refractivity (Wildman–Crippen MR) is 104 cm³/mol. The fourth-order valence-corrected chi connectivity index (χ4v) is 3.64. The highest BCUT2D eigenvalue weighted by Crippen LogP contribution is 2.24. The summed E-state index contributed by atoms with van der Waals surface area (Å²) < 4.78 is 1.90. The summed E-state index contributed by atoms with van der Waals surface area (Å²) in [5.74, 6) is -0.245. The minimum Gasteiger partial charge on any atom is -0.326 e. The van der Waals surface area contributed by atoms with Crippen molar-refractivity contribution in [1.82, 2.24) is 9.38 Å². The second-order valence-corrected chi connectivity index (χ2v) is 6.74. The fourth-order valence-electron chi connectivity index (χ4n) is 2.77. The van der Waals surface area contributed by atoms with Gasteiger partial charge in [-0.3, -0.25) is 19.3 Å². The highest BCUT2D eigenvalue weighted by molar-refractivity contribution is 7.15. The molecule has 0 unspecified atom stereocenters. The van der Waals surface area contributed by atoms with Crippen molar-refractivity contribution < 1.29 is 9.72 Å². The number of imidazole rings is 1. The zero-order valence-corrected chi connectivity index (χ0v) is 14.8. The van der Waals surface area contributed by atoms with Gasteiger partial charge in [0.2, 0.25) is 5.91 Å². The van der Waals surface area contributed by atoms with Gasteiger partial charge in [-0.25, -0.2) is 4.98 Å². The van der Waals surface area contributed by atoms with Gasteiger partial charge in [0.1, 0.15) is 0 Å². The Morgan fingerprint density at radius 1 is 1.19 bits per heavy atom. The van der Waals surface area contributed by atoms with Gasteiger partial charge in [0.15, 0.2) is 4.96 Å². The first-order valence-corrected chi connectivity index (χ1v) is 9.03. The zero-order valence-electron chi connectivity index (χ0n) is 14.0. The molecule has 0 aliphatic rings. The van der Waals surface area contributed by atoms with Gasteiger partial charge in [0.05, 0.1) is 17.0 Å². The van der Waals surface area contributed by atoms with Crippen molar-refractivity contribution in [2.24, 2.45) is 0 Å². The van der Waals surface area contributed by atoms with Gasteiger partial charge in [-0.15, -0.1) is 11.3 Å². The minimum atomic E-state index is -0.491. The molecule has 2 aromatic carbocycles. The van der Waals surface area contributed by atoms with Crippen LogP contribution in [0.1, 0.15) is 5.69 Å². The van der Waals surface area contributed by atoms with E-state index >= 15 is 0 Å². The van der Waals surface area contributed by atoms with E-state index in [-0.39, 0.29) is 18.0 Å². The van der Waals surface area contributed by atoms with Gasteiger partial charge < -0.3 is 5.32 Å². The number of carbonyl (C=O) groups is 1. The number of amides is 1. The van der Waals surface area contributed by atoms with Gasteiger partial charge in [0, 0.05) is 40.7 Å². The molecule has 27 heavy (non-hydrogen) atoms. The lowest BCUT2D eigenvalue weighted by molar-refractivity contribution is -0.384. The Bertz CT molecular complexity index is 1130. The number of non-ortho nitro benzene ring substituents is 1. The maximum absolute atomic E-state index is 12.4. The molecule has 0 aliphatic carbocycles. The molecule has 8 heteroatoms. The third kappa shape index (κ3) is 3.56. The standard InChI is InChI=1S/C19H14N4O3S/c24-18(20-14-7-4-8-15(9-14)23(25)26)10-16-12-27-19-21-17(11-22(16)19)13-5-2-1-3-6-13/h1-9,11-12H,10H2,(H,20,24). The van der Waals surface area contributed by atoms with Crippen molar-refractivity contribution in [2.75, 3.05) is 5.32 Å². The van der Waals surface area contributed by atoms with Crippen molar-refractivity contribution in [3.8, 4) is 11.3 Å². The van der Waals surface area contributed by atoms with Gasteiger partial charge in [-0.2, -0.15) is 0 Å². The molecule has 0 aliphatic heterocycles. The Balaban J connectivity index is 1.53. The number of nitro groups is 1. The number of thiazole rings is 1. The Morgan fingerprint density at radius 3 is 2.78 bits per heavy atom. The number of carbonyl (C=O) groups excluding carboxylic acids is 1. The van der Waals surface area contributed by atoms with Crippen LogP contribution >= 0.6 is 11.3 Å². The molecule has 0 radical (unpaired) electrons. The van der Waals surface area contributed by atoms with Crippen molar-refractivity contribution in [3.63, 3.8) is 0 Å². The van der Waals surface area contributed by atoms with Crippen LogP contribution in [0.15, 0.2) is 66.2 Å². The van der Waals surface area contributed by atoms with Gasteiger partial charge in [0.25, 0.3) is 5.69 Å². The summed E-state index contributed by atoms with van der Waals surface area (Å²) in [7, 11) is 0. The number of aromatic nitrogens is 2. The molecule has 1 N–H and O–H groups in total. The minimum absolute atomic E-state index is 0.0622. The average molecular weight is 378 g/mol. The Kier molecular flexibility index (Phi) is 4.39. The lowest BCUT2D eigenvalue weighted by atomic mass is 10.2. The maximum Gasteiger partial charge on any atom is 0.271 e. The number of benzene rings is 2. The summed E-state index contributed by atoms with van der Waals surface area (Å²) in [4.78, 5) is 28.1. The highest BCUT2D eigenvalue weighted by atomic mass is 32.1. The van der Waals surface area contributed by atoms with Crippen LogP contribution in [0.4, 0.5) is 11.4 Å². The van der Waals surface area contributed by atoms with Crippen LogP contribution in [0.2, 0.25) is 0 Å². The molecular formula is C19H14N4O3S. The normalized spacial score (nSPS) is 10.8. The molecule has 0 saturated carbocycles. The molecule has 0 bridgehead atoms. The van der Waals surface area contributed by atoms with Crippen LogP contribution in [-0.4, -0.2) is 20.2 Å². The number of hydrogen-bond donors (Lipinski definition) is 1. The van der Waals surface area contributed by atoms with E-state index in [1.807, 2.05) is 46.3 Å². The van der Waals surface area contributed by atoms with Crippen LogP contribution < -0.4 is 5.32 Å². The molecule has 1 amide bonds. The van der Waals surface area contributed by atoms with Crippen LogP contribution in [0, 0.1) is 10.1 Å². The monoisotopic (exact) mass is 378 g/mol. The summed E-state index contributed by atoms with van der Waals surface area (Å²) in [5.41, 5.74) is 3.01. The molecule has 2 aromatic heterocycles. The first-order chi connectivity index (χ1) is 13.1. The first kappa shape index (κ1) is 16.9. The van der Waals surface area contributed by atoms with Gasteiger partial charge >= 0.3 is 0 Å². The number of nitrogens with zero attached hydrogens (tertiary/aromatic N) is 3. The topological polar surface area (TPSA) is 89.5 Å². The van der Waals surface area contributed by atoms with Crippen LogP contribution in [0.3, 0.4) is 0 Å². The lowest BCUT2D eigenvalue weighted by Gasteiger charge is -2.04. The van der Waals surface area contributed by atoms with Gasteiger partial charge in [-0.05, 0) is 6.07 Å². The van der Waals surface area contributed by atoms with Crippen LogP contribution in [0.5, 0.6) is 0 Å². The van der Waals surface area contributed by atoms with E-state index in [0.717, 1.165) is 21.9 Å². The fraction of sp³-hybridized carbons (Fsp3) is 0.0526. The summed E-state index contributed by atoms with van der Waals surface area (Å²) >= 11 is 1.47. The molecule has 0 spiro atoms. The summed E-state index contributed by atoms with van der Waals surface area (Å²) in [6.07, 6.45) is 2.06. The molecular weight excluding hydrogens is 364 g/mol. The second kappa shape index (κ2) is 7.00. The van der Waals surface area contributed by atoms with E-state index in [1.54, 1.807) is 12.1 Å². The summed E-state index contributed by atoms with van der Waals surface area (Å²) in [6.45, 7) is 0. The molecule has 0 saturated heterocycles. The Morgan fingerprint density at radius 2 is 2.00 bits per heavy atom. The Labute approximate surface area is 158 Å². The largest absolute Gasteiger partial charge is 0.326 e. The van der Waals surface area contributed by atoms with E-state index in [9.17, 15) is 14.9 Å². The molecule has 4 rings (SSSR count). The maximum atomic E-state index is 12.4. The molecule has 4 aromatic rings. The van der Waals surface area contributed by atoms with E-state index in [1.165, 1.54) is 23.5 Å². The van der Waals surface area contributed by atoms with Crippen molar-refractivity contribution in [1.29, 1.82) is 0 Å². The third-order valence-corrected chi connectivity index (χ3v) is 4.92. The lowest BCUT2D eigenvalue weighted by Crippen LogP contribution is -2.15. The molecule has 7 nitrogen and oxygen atoms in total. The van der Waals surface area contributed by atoms with E-state index in [2.05, 4.69) is 10.3 Å². The SMILES string of the molecule is O=C(Cc1csc2nc(-c3ccccc3)cn12)Nc1cccc([N+](=O)[O-])c1. The van der Waals surface area contributed by atoms with E-state index in [0.29, 0.717) is 5.69 Å². The first-order valence-electron chi connectivity index (χ1n) is 8.15. The predicted octanol–water partition coefficient (Wildman–Crippen LogP) is 4.15. The summed E-state index contributed by atoms with van der Waals surface area (Å²) in [5, 5.41) is 15.4. The summed E-state index contributed by atoms with van der Waals surface area (Å²) in [6, 6.07) is 15.7. The number of nitrogens with one attached hydrogen (secondary N) is 1. The second-order valence-electron chi connectivity index (χ2n) is 5.90. The number of rotatable bonds is 5. The van der Waals surface area contributed by atoms with Crippen LogP contribution in [-0.2, 0) is 11.2 Å². The number of nitro benzene ring substituents is 1. The molecule has 0 fully saturated rings. The van der Waals surface area contributed by atoms with Crippen molar-refractivity contribution in [3.05, 3.63) is 82.0 Å². The number of fused-ring (bicyclic) bond motifs is 1. The van der Waals surface area contributed by atoms with E-state index < -0.39 is 4.92 Å². The zero-order chi connectivity index (χ0) is 18.8. The van der Waals surface area contributed by atoms with Crippen molar-refractivity contribution in [2.45, 2.75) is 6.42 Å². The highest BCUT2D eigenvalue weighted by Gasteiger charge is 2.13. The average Bonchev–Trinajstić information content (AvgIpc) is 3.25. The Hall–Kier alpha value is -3.52. The molecule has 0 atom stereocenters. The van der Waals surface area contributed by atoms with Gasteiger partial charge in [-0.1, -0.05) is 36.4 Å². The van der Waals surface area contributed by atoms with E-state index in [4.69, 9.17) is 0 Å². The number of hydrogen-bond acceptors (Lipinski definition) is 5. The number of anilines is 1.